The van der Waals surface area contributed by atoms with E-state index in [1.165, 1.54) is 0 Å². The van der Waals surface area contributed by atoms with Crippen LogP contribution in [0.3, 0.4) is 0 Å². The van der Waals surface area contributed by atoms with Crippen LogP contribution < -0.4 is 19.9 Å². The van der Waals surface area contributed by atoms with E-state index < -0.39 is 17.6 Å². The first-order valence-corrected chi connectivity index (χ1v) is 9.59. The Morgan fingerprint density at radius 1 is 1.21 bits per heavy atom. The summed E-state index contributed by atoms with van der Waals surface area (Å²) in [6.07, 6.45) is 0.498. The maximum absolute atomic E-state index is 13.2. The standard InChI is InChI=1S/C22H24N2O5/c1-22-13-15(14-7-3-4-8-16(14)29-22)19(20(23)25)21(26)24(22)11-12-28-18-10-6-5-9-17(18)27-2/h3-10,15,19H,11-13H2,1-2H3,(H2,23,25)/t15-,19-,22+/m0/s1. The minimum atomic E-state index is -0.917. The van der Waals surface area contributed by atoms with Gasteiger partial charge in [-0.2, -0.15) is 0 Å². The molecule has 2 N–H and O–H groups in total. The monoisotopic (exact) mass is 396 g/mol. The molecule has 152 valence electrons. The number of hydrogen-bond donors (Lipinski definition) is 1. The van der Waals surface area contributed by atoms with Gasteiger partial charge in [0.15, 0.2) is 17.2 Å². The number of piperidine rings is 1. The fourth-order valence-corrected chi connectivity index (χ4v) is 4.36. The fraction of sp³-hybridized carbons (Fsp3) is 0.364. The average Bonchev–Trinajstić information content (AvgIpc) is 2.70. The van der Waals surface area contributed by atoms with Crippen molar-refractivity contribution in [2.24, 2.45) is 11.7 Å². The highest BCUT2D eigenvalue weighted by Gasteiger charge is 2.55. The van der Waals surface area contributed by atoms with Gasteiger partial charge < -0.3 is 24.8 Å². The summed E-state index contributed by atoms with van der Waals surface area (Å²) in [5.41, 5.74) is 5.62. The van der Waals surface area contributed by atoms with Gasteiger partial charge in [0.05, 0.1) is 13.7 Å². The minimum absolute atomic E-state index is 0.225. The second kappa shape index (κ2) is 7.31. The van der Waals surface area contributed by atoms with Crippen LogP contribution in [0.2, 0.25) is 0 Å². The van der Waals surface area contributed by atoms with Crippen molar-refractivity contribution < 1.29 is 23.8 Å². The number of primary amides is 1. The molecule has 0 radical (unpaired) electrons. The van der Waals surface area contributed by atoms with Crippen molar-refractivity contribution in [1.29, 1.82) is 0 Å². The molecule has 0 spiro atoms. The highest BCUT2D eigenvalue weighted by Crippen LogP contribution is 2.49. The number of carbonyl (C=O) groups is 2. The number of nitrogens with two attached hydrogens (primary N) is 1. The van der Waals surface area contributed by atoms with E-state index in [1.807, 2.05) is 43.3 Å². The lowest BCUT2D eigenvalue weighted by Crippen LogP contribution is -2.65. The molecule has 2 aliphatic heterocycles. The number of rotatable bonds is 6. The Morgan fingerprint density at radius 2 is 1.90 bits per heavy atom. The highest BCUT2D eigenvalue weighted by molar-refractivity contribution is 6.01. The lowest BCUT2D eigenvalue weighted by Gasteiger charge is -2.52. The first kappa shape index (κ1) is 19.1. The molecule has 0 aliphatic carbocycles. The van der Waals surface area contributed by atoms with E-state index in [0.29, 0.717) is 23.7 Å². The predicted octanol–water partition coefficient (Wildman–Crippen LogP) is 2.30. The Kier molecular flexibility index (Phi) is 4.82. The lowest BCUT2D eigenvalue weighted by atomic mass is 9.73. The van der Waals surface area contributed by atoms with Gasteiger partial charge in [0.1, 0.15) is 18.3 Å². The van der Waals surface area contributed by atoms with Crippen LogP contribution in [0.5, 0.6) is 17.2 Å². The Labute approximate surface area is 169 Å². The van der Waals surface area contributed by atoms with E-state index in [4.69, 9.17) is 19.9 Å². The Hall–Kier alpha value is -3.22. The van der Waals surface area contributed by atoms with Crippen LogP contribution in [-0.4, -0.2) is 42.7 Å². The van der Waals surface area contributed by atoms with Gasteiger partial charge in [-0.25, -0.2) is 0 Å². The molecule has 1 fully saturated rings. The molecule has 7 nitrogen and oxygen atoms in total. The quantitative estimate of drug-likeness (QED) is 0.757. The van der Waals surface area contributed by atoms with Crippen molar-refractivity contribution in [3.05, 3.63) is 54.1 Å². The number of fused-ring (bicyclic) bond motifs is 4. The average molecular weight is 396 g/mol. The zero-order valence-electron chi connectivity index (χ0n) is 16.5. The third-order valence-corrected chi connectivity index (χ3v) is 5.70. The van der Waals surface area contributed by atoms with E-state index in [-0.39, 0.29) is 25.0 Å². The molecular weight excluding hydrogens is 372 g/mol. The van der Waals surface area contributed by atoms with Crippen LogP contribution >= 0.6 is 0 Å². The largest absolute Gasteiger partial charge is 0.493 e. The van der Waals surface area contributed by atoms with Gasteiger partial charge in [-0.05, 0) is 30.7 Å². The Morgan fingerprint density at radius 3 is 2.62 bits per heavy atom. The summed E-state index contributed by atoms with van der Waals surface area (Å²) in [5, 5.41) is 0. The molecule has 0 unspecified atom stereocenters. The van der Waals surface area contributed by atoms with Crippen molar-refractivity contribution in [1.82, 2.24) is 4.90 Å². The summed E-state index contributed by atoms with van der Waals surface area (Å²) in [4.78, 5) is 27.0. The summed E-state index contributed by atoms with van der Waals surface area (Å²) in [6, 6.07) is 14.8. The van der Waals surface area contributed by atoms with Crippen LogP contribution in [0.25, 0.3) is 0 Å². The van der Waals surface area contributed by atoms with Crippen LogP contribution in [0.4, 0.5) is 0 Å². The molecule has 7 heteroatoms. The van der Waals surface area contributed by atoms with E-state index in [9.17, 15) is 9.59 Å². The Bertz CT molecular complexity index is 946. The van der Waals surface area contributed by atoms with Gasteiger partial charge in [0, 0.05) is 12.3 Å². The number of ether oxygens (including phenoxy) is 3. The van der Waals surface area contributed by atoms with Crippen LogP contribution in [0, 0.1) is 5.92 Å². The zero-order valence-corrected chi connectivity index (χ0v) is 16.5. The number of para-hydroxylation sites is 3. The SMILES string of the molecule is COc1ccccc1OCCN1C(=O)[C@H](C(N)=O)[C@H]2C[C@@]1(C)Oc1ccccc12. The van der Waals surface area contributed by atoms with Crippen molar-refractivity contribution in [3.63, 3.8) is 0 Å². The molecule has 2 heterocycles. The smallest absolute Gasteiger partial charge is 0.238 e. The van der Waals surface area contributed by atoms with E-state index >= 15 is 0 Å². The van der Waals surface area contributed by atoms with Gasteiger partial charge in [-0.15, -0.1) is 0 Å². The summed E-state index contributed by atoms with van der Waals surface area (Å²) in [5.74, 6) is -0.268. The number of carbonyl (C=O) groups excluding carboxylic acids is 2. The number of methoxy groups -OCH3 is 1. The maximum Gasteiger partial charge on any atom is 0.238 e. The summed E-state index contributed by atoms with van der Waals surface area (Å²) in [6.45, 7) is 2.35. The zero-order chi connectivity index (χ0) is 20.6. The molecule has 0 saturated carbocycles. The normalized spacial score (nSPS) is 25.0. The maximum atomic E-state index is 13.2. The number of likely N-dealkylation sites (tertiary alicyclic amines) is 1. The van der Waals surface area contributed by atoms with Crippen molar-refractivity contribution in [2.45, 2.75) is 25.0 Å². The molecule has 2 aliphatic rings. The molecule has 2 aromatic carbocycles. The third-order valence-electron chi connectivity index (χ3n) is 5.70. The molecule has 2 aromatic rings. The predicted molar refractivity (Wildman–Crippen MR) is 106 cm³/mol. The topological polar surface area (TPSA) is 91.1 Å². The van der Waals surface area contributed by atoms with Crippen LogP contribution in [0.1, 0.15) is 24.8 Å². The number of hydrogen-bond acceptors (Lipinski definition) is 5. The minimum Gasteiger partial charge on any atom is -0.493 e. The first-order valence-electron chi connectivity index (χ1n) is 9.59. The lowest BCUT2D eigenvalue weighted by molar-refractivity contribution is -0.176. The number of amides is 2. The molecule has 2 bridgehead atoms. The molecule has 3 atom stereocenters. The first-order chi connectivity index (χ1) is 13.9. The summed E-state index contributed by atoms with van der Waals surface area (Å²) >= 11 is 0. The highest BCUT2D eigenvalue weighted by atomic mass is 16.5. The molecule has 0 aromatic heterocycles. The third kappa shape index (κ3) is 3.26. The van der Waals surface area contributed by atoms with Crippen molar-refractivity contribution in [2.75, 3.05) is 20.3 Å². The number of benzene rings is 2. The van der Waals surface area contributed by atoms with Gasteiger partial charge in [0.2, 0.25) is 11.8 Å². The summed E-state index contributed by atoms with van der Waals surface area (Å²) < 4.78 is 17.3. The van der Waals surface area contributed by atoms with Crippen molar-refractivity contribution in [3.8, 4) is 17.2 Å². The van der Waals surface area contributed by atoms with E-state index in [1.54, 1.807) is 24.1 Å². The second-order valence-electron chi connectivity index (χ2n) is 7.49. The Balaban J connectivity index is 1.59. The van der Waals surface area contributed by atoms with Gasteiger partial charge in [-0.1, -0.05) is 30.3 Å². The van der Waals surface area contributed by atoms with Crippen LogP contribution in [-0.2, 0) is 9.59 Å². The van der Waals surface area contributed by atoms with Crippen LogP contribution in [0.15, 0.2) is 48.5 Å². The van der Waals surface area contributed by atoms with E-state index in [0.717, 1.165) is 5.56 Å². The second-order valence-corrected chi connectivity index (χ2v) is 7.49. The van der Waals surface area contributed by atoms with Gasteiger partial charge >= 0.3 is 0 Å². The molecule has 2 amide bonds. The molecular formula is C22H24N2O5. The molecule has 29 heavy (non-hydrogen) atoms. The molecule has 4 rings (SSSR count). The summed E-state index contributed by atoms with van der Waals surface area (Å²) in [7, 11) is 1.57. The van der Waals surface area contributed by atoms with Crippen molar-refractivity contribution >= 4 is 11.8 Å². The van der Waals surface area contributed by atoms with Gasteiger partial charge in [0.25, 0.3) is 0 Å². The molecule has 1 saturated heterocycles. The fourth-order valence-electron chi connectivity index (χ4n) is 4.36. The van der Waals surface area contributed by atoms with E-state index in [2.05, 4.69) is 0 Å². The number of nitrogens with zero attached hydrogens (tertiary/aromatic N) is 1. The van der Waals surface area contributed by atoms with Gasteiger partial charge in [-0.3, -0.25) is 9.59 Å².